The van der Waals surface area contributed by atoms with Crippen LogP contribution >= 0.6 is 7.82 Å². The Morgan fingerprint density at radius 3 is 1.09 bits per heavy atom. The highest BCUT2D eigenvalue weighted by molar-refractivity contribution is 7.45. The van der Waals surface area contributed by atoms with Crippen LogP contribution in [0.5, 0.6) is 0 Å². The topological polar surface area (TPSA) is 111 Å². The zero-order valence-electron chi connectivity index (χ0n) is 47.2. The molecule has 9 nitrogen and oxygen atoms in total. The number of esters is 2. The van der Waals surface area contributed by atoms with Crippen LogP contribution < -0.4 is 4.89 Å². The average molecular weight is 1050 g/mol. The predicted octanol–water partition coefficient (Wildman–Crippen LogP) is 17.3. The normalized spacial score (nSPS) is 14.4. The third-order valence-corrected chi connectivity index (χ3v) is 12.3. The van der Waals surface area contributed by atoms with E-state index in [1.54, 1.807) is 0 Å². The van der Waals surface area contributed by atoms with E-state index in [1.165, 1.54) is 32.1 Å². The van der Waals surface area contributed by atoms with E-state index in [4.69, 9.17) is 18.5 Å². The molecule has 10 heteroatoms. The van der Waals surface area contributed by atoms with Gasteiger partial charge in [0.25, 0.3) is 7.82 Å². The smallest absolute Gasteiger partial charge is 0.306 e. The molecular weight excluding hydrogens is 942 g/mol. The first-order chi connectivity index (χ1) is 36.0. The molecule has 0 N–H and O–H groups in total. The zero-order chi connectivity index (χ0) is 54.2. The summed E-state index contributed by atoms with van der Waals surface area (Å²) in [5.74, 6) is -0.891. The molecule has 0 radical (unpaired) electrons. The molecule has 0 bridgehead atoms. The van der Waals surface area contributed by atoms with Gasteiger partial charge in [-0.3, -0.25) is 14.2 Å². The van der Waals surface area contributed by atoms with Gasteiger partial charge in [-0.2, -0.15) is 0 Å². The van der Waals surface area contributed by atoms with Gasteiger partial charge in [0.2, 0.25) is 0 Å². The van der Waals surface area contributed by atoms with Crippen molar-refractivity contribution >= 4 is 19.8 Å². The molecule has 0 amide bonds. The summed E-state index contributed by atoms with van der Waals surface area (Å²) in [6.07, 6.45) is 78.9. The summed E-state index contributed by atoms with van der Waals surface area (Å²) in [5.41, 5.74) is 0. The van der Waals surface area contributed by atoms with Gasteiger partial charge in [-0.25, -0.2) is 0 Å². The Morgan fingerprint density at radius 1 is 0.419 bits per heavy atom. The number of nitrogens with zero attached hydrogens (tertiary/aromatic N) is 1. The number of hydrogen-bond acceptors (Lipinski definition) is 8. The van der Waals surface area contributed by atoms with Gasteiger partial charge in [-0.05, 0) is 116 Å². The van der Waals surface area contributed by atoms with Gasteiger partial charge in [0.05, 0.1) is 27.7 Å². The number of carbonyl (C=O) groups is 2. The lowest BCUT2D eigenvalue weighted by atomic mass is 10.1. The fourth-order valence-corrected chi connectivity index (χ4v) is 7.74. The van der Waals surface area contributed by atoms with E-state index >= 15 is 0 Å². The maximum Gasteiger partial charge on any atom is 0.306 e. The van der Waals surface area contributed by atoms with Crippen LogP contribution in [-0.4, -0.2) is 70.0 Å². The van der Waals surface area contributed by atoms with Crippen molar-refractivity contribution in [1.29, 1.82) is 0 Å². The van der Waals surface area contributed by atoms with Crippen LogP contribution in [-0.2, 0) is 32.7 Å². The van der Waals surface area contributed by atoms with Gasteiger partial charge in [0, 0.05) is 12.8 Å². The predicted molar refractivity (Wildman–Crippen MR) is 314 cm³/mol. The van der Waals surface area contributed by atoms with E-state index in [0.29, 0.717) is 23.9 Å². The van der Waals surface area contributed by atoms with Crippen molar-refractivity contribution in [3.05, 3.63) is 146 Å². The lowest BCUT2D eigenvalue weighted by Crippen LogP contribution is -2.37. The molecule has 0 spiro atoms. The van der Waals surface area contributed by atoms with E-state index in [2.05, 4.69) is 160 Å². The molecule has 2 unspecified atom stereocenters. The van der Waals surface area contributed by atoms with Gasteiger partial charge in [0.15, 0.2) is 6.10 Å². The average Bonchev–Trinajstić information content (AvgIpc) is 3.36. The van der Waals surface area contributed by atoms with E-state index in [1.807, 2.05) is 21.1 Å². The maximum atomic E-state index is 12.8. The number of likely N-dealkylation sites (N-methyl/N-ethyl adjacent to an activating group) is 1. The molecular formula is C64H104NO8P. The highest BCUT2D eigenvalue weighted by Crippen LogP contribution is 2.38. The molecule has 0 aromatic carbocycles. The lowest BCUT2D eigenvalue weighted by molar-refractivity contribution is -0.870. The summed E-state index contributed by atoms with van der Waals surface area (Å²) >= 11 is 0. The molecule has 0 rings (SSSR count). The first-order valence-electron chi connectivity index (χ1n) is 28.5. The molecule has 0 heterocycles. The molecule has 0 saturated heterocycles. The van der Waals surface area contributed by atoms with Gasteiger partial charge in [-0.1, -0.05) is 211 Å². The highest BCUT2D eigenvalue weighted by atomic mass is 31.2. The number of phosphoric acid groups is 1. The molecule has 0 aromatic rings. The summed E-state index contributed by atoms with van der Waals surface area (Å²) in [6.45, 7) is 3.94. The quantitative estimate of drug-likeness (QED) is 0.0195. The molecule has 418 valence electrons. The van der Waals surface area contributed by atoms with Gasteiger partial charge >= 0.3 is 11.9 Å². The largest absolute Gasteiger partial charge is 0.756 e. The van der Waals surface area contributed by atoms with Crippen molar-refractivity contribution in [1.82, 2.24) is 0 Å². The summed E-state index contributed by atoms with van der Waals surface area (Å²) in [5, 5.41) is 0. The third-order valence-electron chi connectivity index (χ3n) is 11.4. The van der Waals surface area contributed by atoms with E-state index in [9.17, 15) is 19.0 Å². The van der Waals surface area contributed by atoms with Gasteiger partial charge < -0.3 is 27.9 Å². The van der Waals surface area contributed by atoms with Gasteiger partial charge in [0.1, 0.15) is 19.8 Å². The number of unbranched alkanes of at least 4 members (excludes halogenated alkanes) is 12. The van der Waals surface area contributed by atoms with E-state index in [-0.39, 0.29) is 26.1 Å². The van der Waals surface area contributed by atoms with Crippen LogP contribution in [0.3, 0.4) is 0 Å². The van der Waals surface area contributed by atoms with Crippen LogP contribution in [0.1, 0.15) is 194 Å². The monoisotopic (exact) mass is 1050 g/mol. The second-order valence-electron chi connectivity index (χ2n) is 19.5. The standard InChI is InChI=1S/C64H104NO8P/c1-6-8-10-12-14-16-18-20-22-24-26-27-28-29-30-31-32-33-34-35-36-37-39-41-43-45-47-49-51-53-55-57-64(67)73-62(61-72-74(68,69)71-59-58-65(3,4)5)60-70-63(66)56-54-52-50-48-46-44-42-40-38-25-23-21-19-17-15-13-11-9-7-2/h8-11,14-17,20-23,26-27,29-30,32-33,35-36,38,40,44,46,62H,6-7,12-13,18-19,24-25,28,31,34,37,39,41-43,45,47-61H2,1-5H3/b10-8-,11-9-,16-14-,17-15-,22-20-,23-21-,27-26-,30-29-,33-32-,36-35-,40-38-,46-44-. The van der Waals surface area contributed by atoms with Gasteiger partial charge in [-0.15, -0.1) is 0 Å². The van der Waals surface area contributed by atoms with Crippen molar-refractivity contribution in [2.75, 3.05) is 47.5 Å². The zero-order valence-corrected chi connectivity index (χ0v) is 48.1. The number of quaternary nitrogens is 1. The Hall–Kier alpha value is -4.11. The lowest BCUT2D eigenvalue weighted by Gasteiger charge is -2.28. The molecule has 0 aliphatic rings. The Morgan fingerprint density at radius 2 is 0.730 bits per heavy atom. The molecule has 0 aliphatic carbocycles. The fourth-order valence-electron chi connectivity index (χ4n) is 7.01. The van der Waals surface area contributed by atoms with Crippen molar-refractivity contribution in [2.45, 2.75) is 200 Å². The Labute approximate surface area is 453 Å². The molecule has 0 aliphatic heterocycles. The second-order valence-corrected chi connectivity index (χ2v) is 20.9. The SMILES string of the molecule is CC/C=C\C/C=C\C/C=C\C/C=C\C/C=C\C/C=C\C/C=C\CCCCCCCCCCCC(=O)OC(COC(=O)CCCCC/C=C\C/C=C\C/C=C\C/C=C\C/C=C\CC)COP(=O)([O-])OCC[N+](C)(C)C. The number of carbonyl (C=O) groups excluding carboxylic acids is 2. The minimum atomic E-state index is -4.66. The molecule has 0 aromatic heterocycles. The Kier molecular flexibility index (Phi) is 50.7. The molecule has 0 fully saturated rings. The van der Waals surface area contributed by atoms with Crippen LogP contribution in [0.4, 0.5) is 0 Å². The molecule has 74 heavy (non-hydrogen) atoms. The first-order valence-corrected chi connectivity index (χ1v) is 30.0. The van der Waals surface area contributed by atoms with Crippen LogP contribution in [0.25, 0.3) is 0 Å². The van der Waals surface area contributed by atoms with Crippen LogP contribution in [0.15, 0.2) is 146 Å². The summed E-state index contributed by atoms with van der Waals surface area (Å²) in [6, 6.07) is 0. The first kappa shape index (κ1) is 69.9. The molecule has 0 saturated carbocycles. The van der Waals surface area contributed by atoms with E-state index in [0.717, 1.165) is 122 Å². The minimum absolute atomic E-state index is 0.0464. The van der Waals surface area contributed by atoms with E-state index < -0.39 is 32.5 Å². The highest BCUT2D eigenvalue weighted by Gasteiger charge is 2.21. The van der Waals surface area contributed by atoms with Crippen LogP contribution in [0.2, 0.25) is 0 Å². The fraction of sp³-hybridized carbons (Fsp3) is 0.594. The Bertz CT molecular complexity index is 1760. The van der Waals surface area contributed by atoms with Crippen LogP contribution in [0, 0.1) is 0 Å². The summed E-state index contributed by atoms with van der Waals surface area (Å²) in [4.78, 5) is 37.8. The summed E-state index contributed by atoms with van der Waals surface area (Å²) < 4.78 is 34.1. The van der Waals surface area contributed by atoms with Crippen molar-refractivity contribution in [2.24, 2.45) is 0 Å². The Balaban J connectivity index is 4.26. The van der Waals surface area contributed by atoms with Crippen molar-refractivity contribution < 1.29 is 42.1 Å². The van der Waals surface area contributed by atoms with Crippen molar-refractivity contribution in [3.63, 3.8) is 0 Å². The minimum Gasteiger partial charge on any atom is -0.756 e. The van der Waals surface area contributed by atoms with Crippen molar-refractivity contribution in [3.8, 4) is 0 Å². The maximum absolute atomic E-state index is 12.8. The number of rotatable bonds is 50. The number of phosphoric ester groups is 1. The summed E-state index contributed by atoms with van der Waals surface area (Å²) in [7, 11) is 1.12. The third kappa shape index (κ3) is 57.2. The molecule has 2 atom stereocenters. The second kappa shape index (κ2) is 53.7. The number of allylic oxidation sites excluding steroid dienone is 24. The number of hydrogen-bond donors (Lipinski definition) is 0. The number of ether oxygens (including phenoxy) is 2.